The Balaban J connectivity index is 2.38. The zero-order valence-corrected chi connectivity index (χ0v) is 11.6. The van der Waals surface area contributed by atoms with E-state index in [0.717, 1.165) is 24.3 Å². The number of phenolic OH excluding ortho intramolecular Hbond substituents is 1. The number of aliphatic hydroxyl groups is 1. The van der Waals surface area contributed by atoms with E-state index >= 15 is 0 Å². The van der Waals surface area contributed by atoms with Crippen LogP contribution in [0.1, 0.15) is 24.9 Å². The second kappa shape index (κ2) is 8.74. The van der Waals surface area contributed by atoms with Crippen molar-refractivity contribution in [2.24, 2.45) is 0 Å². The molecule has 0 saturated carbocycles. The number of methoxy groups -OCH3 is 1. The van der Waals surface area contributed by atoms with Gasteiger partial charge in [0.1, 0.15) is 11.5 Å². The van der Waals surface area contributed by atoms with E-state index in [2.05, 4.69) is 5.32 Å². The Morgan fingerprint density at radius 2 is 2.11 bits per heavy atom. The van der Waals surface area contributed by atoms with Gasteiger partial charge in [0.25, 0.3) is 0 Å². The summed E-state index contributed by atoms with van der Waals surface area (Å²) < 4.78 is 10.3. The van der Waals surface area contributed by atoms with Crippen molar-refractivity contribution >= 4 is 0 Å². The molecule has 0 amide bonds. The lowest BCUT2D eigenvalue weighted by Crippen LogP contribution is -2.21. The highest BCUT2D eigenvalue weighted by atomic mass is 16.5. The molecule has 0 radical (unpaired) electrons. The average Bonchev–Trinajstić information content (AvgIpc) is 2.43. The molecule has 19 heavy (non-hydrogen) atoms. The van der Waals surface area contributed by atoms with Gasteiger partial charge in [-0.3, -0.25) is 0 Å². The van der Waals surface area contributed by atoms with Gasteiger partial charge in [-0.05, 0) is 38.1 Å². The molecule has 3 N–H and O–H groups in total. The summed E-state index contributed by atoms with van der Waals surface area (Å²) in [4.78, 5) is 0. The highest BCUT2D eigenvalue weighted by Gasteiger charge is 2.10. The van der Waals surface area contributed by atoms with E-state index in [1.165, 1.54) is 0 Å². The van der Waals surface area contributed by atoms with Crippen LogP contribution in [-0.4, -0.2) is 43.7 Å². The van der Waals surface area contributed by atoms with Crippen LogP contribution in [0.4, 0.5) is 0 Å². The van der Waals surface area contributed by atoms with Crippen LogP contribution in [0.5, 0.6) is 11.5 Å². The number of benzene rings is 1. The van der Waals surface area contributed by atoms with Crippen molar-refractivity contribution < 1.29 is 19.7 Å². The smallest absolute Gasteiger partial charge is 0.120 e. The van der Waals surface area contributed by atoms with Crippen LogP contribution in [0.2, 0.25) is 0 Å². The van der Waals surface area contributed by atoms with Crippen molar-refractivity contribution in [1.82, 2.24) is 5.32 Å². The number of phenols is 1. The maximum Gasteiger partial charge on any atom is 0.120 e. The van der Waals surface area contributed by atoms with Crippen molar-refractivity contribution in [1.29, 1.82) is 0 Å². The van der Waals surface area contributed by atoms with Crippen molar-refractivity contribution in [2.45, 2.75) is 19.4 Å². The highest BCUT2D eigenvalue weighted by Crippen LogP contribution is 2.28. The molecule has 0 aliphatic carbocycles. The molecule has 1 aromatic carbocycles. The number of nitrogens with one attached hydrogen (secondary N) is 1. The summed E-state index contributed by atoms with van der Waals surface area (Å²) in [5.41, 5.74) is 0.815. The minimum absolute atomic E-state index is 0.0351. The zero-order chi connectivity index (χ0) is 14.1. The maximum absolute atomic E-state index is 9.83. The first kappa shape index (κ1) is 15.8. The van der Waals surface area contributed by atoms with E-state index in [4.69, 9.17) is 14.6 Å². The van der Waals surface area contributed by atoms with Gasteiger partial charge in [-0.15, -0.1) is 0 Å². The fourth-order valence-electron chi connectivity index (χ4n) is 1.78. The average molecular weight is 269 g/mol. The Hall–Kier alpha value is -1.30. The summed E-state index contributed by atoms with van der Waals surface area (Å²) in [6.45, 7) is 3.82. The Kier molecular flexibility index (Phi) is 7.25. The van der Waals surface area contributed by atoms with Crippen LogP contribution in [0.3, 0.4) is 0 Å². The normalized spacial score (nSPS) is 12.4. The third-order valence-electron chi connectivity index (χ3n) is 2.85. The van der Waals surface area contributed by atoms with Gasteiger partial charge in [0.05, 0.1) is 20.3 Å². The summed E-state index contributed by atoms with van der Waals surface area (Å²) in [7, 11) is 1.60. The molecule has 1 aromatic rings. The SMILES string of the molecule is COc1ccc(O)c(C(C)NCCCOCCO)c1. The number of hydrogen-bond donors (Lipinski definition) is 3. The molecular formula is C14H23NO4. The van der Waals surface area contributed by atoms with E-state index in [0.29, 0.717) is 13.2 Å². The van der Waals surface area contributed by atoms with E-state index in [-0.39, 0.29) is 18.4 Å². The summed E-state index contributed by atoms with van der Waals surface area (Å²) in [5.74, 6) is 0.991. The first-order valence-corrected chi connectivity index (χ1v) is 6.48. The van der Waals surface area contributed by atoms with Gasteiger partial charge in [0, 0.05) is 18.2 Å². The molecule has 0 aliphatic heterocycles. The number of aromatic hydroxyl groups is 1. The molecule has 0 saturated heterocycles. The van der Waals surface area contributed by atoms with Gasteiger partial charge in [-0.25, -0.2) is 0 Å². The fourth-order valence-corrected chi connectivity index (χ4v) is 1.78. The summed E-state index contributed by atoms with van der Waals surface area (Å²) in [6, 6.07) is 5.23. The van der Waals surface area contributed by atoms with Crippen molar-refractivity contribution in [3.63, 3.8) is 0 Å². The Bertz CT molecular complexity index is 370. The van der Waals surface area contributed by atoms with Gasteiger partial charge in [-0.2, -0.15) is 0 Å². The van der Waals surface area contributed by atoms with Crippen LogP contribution < -0.4 is 10.1 Å². The number of rotatable bonds is 9. The predicted molar refractivity (Wildman–Crippen MR) is 73.6 cm³/mol. The van der Waals surface area contributed by atoms with Crippen LogP contribution >= 0.6 is 0 Å². The molecule has 5 heteroatoms. The van der Waals surface area contributed by atoms with Gasteiger partial charge >= 0.3 is 0 Å². The first-order chi connectivity index (χ1) is 9.19. The fraction of sp³-hybridized carbons (Fsp3) is 0.571. The van der Waals surface area contributed by atoms with Crippen LogP contribution in [0.15, 0.2) is 18.2 Å². The molecule has 108 valence electrons. The Labute approximate surface area is 114 Å². The van der Waals surface area contributed by atoms with Gasteiger partial charge < -0.3 is 25.0 Å². The molecule has 1 unspecified atom stereocenters. The molecule has 1 rings (SSSR count). The lowest BCUT2D eigenvalue weighted by atomic mass is 10.1. The van der Waals surface area contributed by atoms with E-state index in [9.17, 15) is 5.11 Å². The topological polar surface area (TPSA) is 71.0 Å². The zero-order valence-electron chi connectivity index (χ0n) is 11.6. The summed E-state index contributed by atoms with van der Waals surface area (Å²) in [5, 5.41) is 21.7. The standard InChI is InChI=1S/C14H23NO4/c1-11(15-6-3-8-19-9-7-16)13-10-12(18-2)4-5-14(13)17/h4-5,10-11,15-17H,3,6-9H2,1-2H3. The minimum Gasteiger partial charge on any atom is -0.508 e. The quantitative estimate of drug-likeness (QED) is 0.592. The molecule has 0 aliphatic rings. The Morgan fingerprint density at radius 3 is 2.79 bits per heavy atom. The largest absolute Gasteiger partial charge is 0.508 e. The highest BCUT2D eigenvalue weighted by molar-refractivity contribution is 5.41. The third-order valence-corrected chi connectivity index (χ3v) is 2.85. The Morgan fingerprint density at radius 1 is 1.32 bits per heavy atom. The molecule has 0 spiro atoms. The number of aliphatic hydroxyl groups excluding tert-OH is 1. The second-order valence-electron chi connectivity index (χ2n) is 4.29. The van der Waals surface area contributed by atoms with E-state index in [1.54, 1.807) is 19.2 Å². The number of ether oxygens (including phenoxy) is 2. The van der Waals surface area contributed by atoms with Crippen LogP contribution in [-0.2, 0) is 4.74 Å². The molecule has 1 atom stereocenters. The summed E-state index contributed by atoms with van der Waals surface area (Å²) >= 11 is 0. The van der Waals surface area contributed by atoms with Crippen molar-refractivity contribution in [3.8, 4) is 11.5 Å². The van der Waals surface area contributed by atoms with E-state index < -0.39 is 0 Å². The van der Waals surface area contributed by atoms with Gasteiger partial charge in [-0.1, -0.05) is 0 Å². The molecular weight excluding hydrogens is 246 g/mol. The van der Waals surface area contributed by atoms with E-state index in [1.807, 2.05) is 13.0 Å². The third kappa shape index (κ3) is 5.46. The lowest BCUT2D eigenvalue weighted by molar-refractivity contribution is 0.0904. The lowest BCUT2D eigenvalue weighted by Gasteiger charge is -2.16. The summed E-state index contributed by atoms with van der Waals surface area (Å²) in [6.07, 6.45) is 0.856. The molecule has 5 nitrogen and oxygen atoms in total. The van der Waals surface area contributed by atoms with Gasteiger partial charge in [0.15, 0.2) is 0 Å². The minimum atomic E-state index is 0.0351. The molecule has 0 bridgehead atoms. The maximum atomic E-state index is 9.83. The molecule has 0 aromatic heterocycles. The van der Waals surface area contributed by atoms with Crippen molar-refractivity contribution in [2.75, 3.05) is 33.5 Å². The predicted octanol–water partition coefficient (Wildman–Crippen LogP) is 1.45. The first-order valence-electron chi connectivity index (χ1n) is 6.48. The molecule has 0 heterocycles. The van der Waals surface area contributed by atoms with Gasteiger partial charge in [0.2, 0.25) is 0 Å². The monoisotopic (exact) mass is 269 g/mol. The van der Waals surface area contributed by atoms with Crippen molar-refractivity contribution in [3.05, 3.63) is 23.8 Å². The second-order valence-corrected chi connectivity index (χ2v) is 4.29. The van der Waals surface area contributed by atoms with Crippen LogP contribution in [0.25, 0.3) is 0 Å². The molecule has 0 fully saturated rings. The number of hydrogen-bond acceptors (Lipinski definition) is 5. The van der Waals surface area contributed by atoms with Crippen LogP contribution in [0, 0.1) is 0 Å².